The molecule has 1 aromatic heterocycles. The molecule has 0 N–H and O–H groups in total. The van der Waals surface area contributed by atoms with E-state index in [9.17, 15) is 4.39 Å². The number of aromatic nitrogens is 1. The SMILES string of the molecule is CC(C)[C@H]1C[C@@H]1c1cccnc1CF. The van der Waals surface area contributed by atoms with Gasteiger partial charge in [-0.15, -0.1) is 0 Å². The summed E-state index contributed by atoms with van der Waals surface area (Å²) in [5.41, 5.74) is 1.77. The summed E-state index contributed by atoms with van der Waals surface area (Å²) in [7, 11) is 0. The van der Waals surface area contributed by atoms with Crippen LogP contribution in [-0.4, -0.2) is 4.98 Å². The Morgan fingerprint density at radius 3 is 2.93 bits per heavy atom. The number of pyridine rings is 1. The minimum absolute atomic E-state index is 0.433. The highest BCUT2D eigenvalue weighted by atomic mass is 19.1. The number of halogens is 1. The van der Waals surface area contributed by atoms with Gasteiger partial charge in [-0.3, -0.25) is 4.98 Å². The Morgan fingerprint density at radius 1 is 1.57 bits per heavy atom. The normalized spacial score (nSPS) is 25.4. The third-order valence-corrected chi connectivity index (χ3v) is 3.15. The van der Waals surface area contributed by atoms with Crippen LogP contribution < -0.4 is 0 Å². The van der Waals surface area contributed by atoms with Gasteiger partial charge in [0.2, 0.25) is 0 Å². The van der Waals surface area contributed by atoms with Crippen molar-refractivity contribution in [2.75, 3.05) is 0 Å². The summed E-state index contributed by atoms with van der Waals surface area (Å²) >= 11 is 0. The molecule has 2 rings (SSSR count). The van der Waals surface area contributed by atoms with E-state index in [4.69, 9.17) is 0 Å². The maximum atomic E-state index is 12.6. The largest absolute Gasteiger partial charge is 0.258 e. The smallest absolute Gasteiger partial charge is 0.132 e. The van der Waals surface area contributed by atoms with Crippen LogP contribution in [0.5, 0.6) is 0 Å². The third-order valence-electron chi connectivity index (χ3n) is 3.15. The molecule has 1 nitrogen and oxygen atoms in total. The molecular weight excluding hydrogens is 177 g/mol. The van der Waals surface area contributed by atoms with Gasteiger partial charge in [0.1, 0.15) is 6.67 Å². The Bertz CT molecular complexity index is 322. The zero-order valence-corrected chi connectivity index (χ0v) is 8.70. The molecule has 0 bridgehead atoms. The van der Waals surface area contributed by atoms with Crippen LogP contribution in [0.3, 0.4) is 0 Å². The summed E-state index contributed by atoms with van der Waals surface area (Å²) in [5, 5.41) is 0. The van der Waals surface area contributed by atoms with Crippen molar-refractivity contribution >= 4 is 0 Å². The molecule has 1 heterocycles. The minimum atomic E-state index is -0.433. The van der Waals surface area contributed by atoms with E-state index in [1.165, 1.54) is 6.42 Å². The van der Waals surface area contributed by atoms with Crippen molar-refractivity contribution in [3.05, 3.63) is 29.6 Å². The monoisotopic (exact) mass is 193 g/mol. The maximum absolute atomic E-state index is 12.6. The van der Waals surface area contributed by atoms with Gasteiger partial charge in [0.15, 0.2) is 0 Å². The molecular formula is C12H16FN. The molecule has 2 atom stereocenters. The number of rotatable bonds is 3. The molecule has 1 saturated carbocycles. The first kappa shape index (κ1) is 9.63. The van der Waals surface area contributed by atoms with Crippen molar-refractivity contribution in [2.24, 2.45) is 11.8 Å². The Balaban J connectivity index is 2.18. The van der Waals surface area contributed by atoms with Crippen molar-refractivity contribution in [2.45, 2.75) is 32.9 Å². The molecule has 1 aromatic rings. The number of alkyl halides is 1. The van der Waals surface area contributed by atoms with Crippen LogP contribution in [-0.2, 0) is 6.67 Å². The second-order valence-electron chi connectivity index (χ2n) is 4.42. The zero-order chi connectivity index (χ0) is 10.1. The van der Waals surface area contributed by atoms with Crippen LogP contribution in [0.1, 0.15) is 37.4 Å². The molecule has 1 aliphatic carbocycles. The molecule has 1 fully saturated rings. The Kier molecular flexibility index (Phi) is 2.53. The summed E-state index contributed by atoms with van der Waals surface area (Å²) in [5.74, 6) is 2.01. The van der Waals surface area contributed by atoms with Crippen molar-refractivity contribution in [3.8, 4) is 0 Å². The van der Waals surface area contributed by atoms with E-state index >= 15 is 0 Å². The lowest BCUT2D eigenvalue weighted by Crippen LogP contribution is -1.97. The highest BCUT2D eigenvalue weighted by Gasteiger charge is 2.41. The first-order chi connectivity index (χ1) is 6.74. The van der Waals surface area contributed by atoms with Crippen LogP contribution in [0.25, 0.3) is 0 Å². The summed E-state index contributed by atoms with van der Waals surface area (Å²) in [6.07, 6.45) is 2.88. The van der Waals surface area contributed by atoms with Gasteiger partial charge < -0.3 is 0 Å². The third kappa shape index (κ3) is 1.66. The Hall–Kier alpha value is -0.920. The first-order valence-electron chi connectivity index (χ1n) is 5.23. The first-order valence-corrected chi connectivity index (χ1v) is 5.23. The standard InChI is InChI=1S/C12H16FN/c1-8(2)10-6-11(10)9-4-3-5-14-12(9)7-13/h3-5,8,10-11H,6-7H2,1-2H3/t10-,11-/m1/s1. The van der Waals surface area contributed by atoms with Gasteiger partial charge in [0.25, 0.3) is 0 Å². The van der Waals surface area contributed by atoms with Gasteiger partial charge in [-0.25, -0.2) is 4.39 Å². The second kappa shape index (κ2) is 3.68. The molecule has 0 aromatic carbocycles. The van der Waals surface area contributed by atoms with Crippen LogP contribution >= 0.6 is 0 Å². The van der Waals surface area contributed by atoms with E-state index in [0.29, 0.717) is 17.5 Å². The molecule has 0 saturated heterocycles. The van der Waals surface area contributed by atoms with E-state index in [2.05, 4.69) is 18.8 Å². The predicted molar refractivity (Wildman–Crippen MR) is 54.7 cm³/mol. The van der Waals surface area contributed by atoms with Crippen molar-refractivity contribution in [1.82, 2.24) is 4.98 Å². The lowest BCUT2D eigenvalue weighted by molar-refractivity contribution is 0.470. The van der Waals surface area contributed by atoms with E-state index in [-0.39, 0.29) is 0 Å². The minimum Gasteiger partial charge on any atom is -0.258 e. The highest BCUT2D eigenvalue weighted by Crippen LogP contribution is 2.52. The molecule has 0 aliphatic heterocycles. The van der Waals surface area contributed by atoms with E-state index in [1.807, 2.05) is 12.1 Å². The average molecular weight is 193 g/mol. The molecule has 0 radical (unpaired) electrons. The van der Waals surface area contributed by atoms with E-state index < -0.39 is 6.67 Å². The molecule has 0 amide bonds. The molecule has 1 aliphatic rings. The maximum Gasteiger partial charge on any atom is 0.132 e. The van der Waals surface area contributed by atoms with Gasteiger partial charge in [0, 0.05) is 6.20 Å². The lowest BCUT2D eigenvalue weighted by Gasteiger charge is -2.06. The van der Waals surface area contributed by atoms with Crippen LogP contribution in [0, 0.1) is 11.8 Å². The van der Waals surface area contributed by atoms with Gasteiger partial charge in [-0.2, -0.15) is 0 Å². The molecule has 76 valence electrons. The molecule has 0 unspecified atom stereocenters. The van der Waals surface area contributed by atoms with Gasteiger partial charge in [-0.05, 0) is 35.8 Å². The fraction of sp³-hybridized carbons (Fsp3) is 0.583. The van der Waals surface area contributed by atoms with Crippen LogP contribution in [0.2, 0.25) is 0 Å². The fourth-order valence-corrected chi connectivity index (χ4v) is 2.21. The van der Waals surface area contributed by atoms with Crippen molar-refractivity contribution < 1.29 is 4.39 Å². The fourth-order valence-electron chi connectivity index (χ4n) is 2.21. The van der Waals surface area contributed by atoms with Crippen molar-refractivity contribution in [1.29, 1.82) is 0 Å². The van der Waals surface area contributed by atoms with Crippen LogP contribution in [0.4, 0.5) is 4.39 Å². The quantitative estimate of drug-likeness (QED) is 0.717. The molecule has 0 spiro atoms. The molecule has 2 heteroatoms. The predicted octanol–water partition coefficient (Wildman–Crippen LogP) is 3.31. The summed E-state index contributed by atoms with van der Waals surface area (Å²) in [4.78, 5) is 4.08. The Labute approximate surface area is 84.4 Å². The summed E-state index contributed by atoms with van der Waals surface area (Å²) < 4.78 is 12.6. The highest BCUT2D eigenvalue weighted by molar-refractivity contribution is 5.29. The van der Waals surface area contributed by atoms with E-state index in [0.717, 1.165) is 11.5 Å². The number of hydrogen-bond donors (Lipinski definition) is 0. The topological polar surface area (TPSA) is 12.9 Å². The average Bonchev–Trinajstić information content (AvgIpc) is 2.97. The van der Waals surface area contributed by atoms with Gasteiger partial charge in [0.05, 0.1) is 5.69 Å². The van der Waals surface area contributed by atoms with E-state index in [1.54, 1.807) is 6.20 Å². The van der Waals surface area contributed by atoms with Gasteiger partial charge >= 0.3 is 0 Å². The zero-order valence-electron chi connectivity index (χ0n) is 8.70. The lowest BCUT2D eigenvalue weighted by atomic mass is 10.0. The summed E-state index contributed by atoms with van der Waals surface area (Å²) in [6, 6.07) is 3.93. The number of nitrogens with zero attached hydrogens (tertiary/aromatic N) is 1. The molecule has 14 heavy (non-hydrogen) atoms. The number of hydrogen-bond acceptors (Lipinski definition) is 1. The van der Waals surface area contributed by atoms with Gasteiger partial charge in [-0.1, -0.05) is 19.9 Å². The van der Waals surface area contributed by atoms with Crippen molar-refractivity contribution in [3.63, 3.8) is 0 Å². The second-order valence-corrected chi connectivity index (χ2v) is 4.42. The Morgan fingerprint density at radius 2 is 2.36 bits per heavy atom. The summed E-state index contributed by atoms with van der Waals surface area (Å²) in [6.45, 7) is 4.03. The van der Waals surface area contributed by atoms with Crippen LogP contribution in [0.15, 0.2) is 18.3 Å².